The highest BCUT2D eigenvalue weighted by atomic mass is 32.1. The summed E-state index contributed by atoms with van der Waals surface area (Å²) < 4.78 is 0. The van der Waals surface area contributed by atoms with E-state index in [1.54, 1.807) is 0 Å². The third-order valence-electron chi connectivity index (χ3n) is 3.94. The van der Waals surface area contributed by atoms with Crippen LogP contribution in [-0.4, -0.2) is 36.6 Å². The molecule has 1 aromatic rings. The molecule has 0 saturated carbocycles. The molecule has 2 aliphatic rings. The van der Waals surface area contributed by atoms with Crippen molar-refractivity contribution in [2.75, 3.05) is 26.7 Å². The summed E-state index contributed by atoms with van der Waals surface area (Å²) >= 11 is 1.85. The zero-order chi connectivity index (χ0) is 11.7. The van der Waals surface area contributed by atoms with Gasteiger partial charge in [0.2, 0.25) is 0 Å². The third-order valence-corrected chi connectivity index (χ3v) is 4.92. The van der Waals surface area contributed by atoms with Crippen molar-refractivity contribution in [1.29, 1.82) is 0 Å². The fourth-order valence-electron chi connectivity index (χ4n) is 2.95. The van der Waals surface area contributed by atoms with Crippen LogP contribution in [0.5, 0.6) is 0 Å². The number of nitrogens with zero attached hydrogens (tertiary/aromatic N) is 2. The van der Waals surface area contributed by atoms with Crippen LogP contribution >= 0.6 is 11.3 Å². The third kappa shape index (κ3) is 2.54. The molecule has 0 radical (unpaired) electrons. The second kappa shape index (κ2) is 5.04. The predicted molar refractivity (Wildman–Crippen MR) is 71.6 cm³/mol. The van der Waals surface area contributed by atoms with E-state index in [1.165, 1.54) is 49.5 Å². The Kier molecular flexibility index (Phi) is 3.45. The minimum absolute atomic E-state index is 0.537. The quantitative estimate of drug-likeness (QED) is 0.874. The average molecular weight is 251 g/mol. The summed E-state index contributed by atoms with van der Waals surface area (Å²) in [6, 6.07) is 0.537. The molecule has 2 aliphatic heterocycles. The van der Waals surface area contributed by atoms with Gasteiger partial charge in [0, 0.05) is 17.8 Å². The zero-order valence-corrected chi connectivity index (χ0v) is 11.3. The number of hydrogen-bond acceptors (Lipinski definition) is 4. The van der Waals surface area contributed by atoms with E-state index in [9.17, 15) is 0 Å². The number of piperidine rings is 1. The van der Waals surface area contributed by atoms with Crippen LogP contribution in [-0.2, 0) is 0 Å². The molecule has 0 aromatic carbocycles. The standard InChI is InChI=1S/C13H21N3S/c1-16-7-3-4-10(8-16)12-9-17-13(15-12)11-5-2-6-14-11/h9-11,14H,2-8H2,1H3. The maximum atomic E-state index is 4.88. The van der Waals surface area contributed by atoms with E-state index in [-0.39, 0.29) is 0 Å². The van der Waals surface area contributed by atoms with Crippen molar-refractivity contribution in [3.8, 4) is 0 Å². The van der Waals surface area contributed by atoms with Crippen LogP contribution in [0.25, 0.3) is 0 Å². The van der Waals surface area contributed by atoms with Gasteiger partial charge < -0.3 is 10.2 Å². The first-order valence-electron chi connectivity index (χ1n) is 6.70. The molecule has 0 bridgehead atoms. The summed E-state index contributed by atoms with van der Waals surface area (Å²) in [6.45, 7) is 3.59. The number of hydrogen-bond donors (Lipinski definition) is 1. The van der Waals surface area contributed by atoms with Crippen LogP contribution < -0.4 is 5.32 Å². The number of nitrogens with one attached hydrogen (secondary N) is 1. The molecule has 0 amide bonds. The number of likely N-dealkylation sites (tertiary alicyclic amines) is 1. The van der Waals surface area contributed by atoms with Gasteiger partial charge >= 0.3 is 0 Å². The normalized spacial score (nSPS) is 30.9. The van der Waals surface area contributed by atoms with Gasteiger partial charge in [0.15, 0.2) is 0 Å². The summed E-state index contributed by atoms with van der Waals surface area (Å²) in [4.78, 5) is 7.31. The smallest absolute Gasteiger partial charge is 0.110 e. The Morgan fingerprint density at radius 2 is 2.35 bits per heavy atom. The lowest BCUT2D eigenvalue weighted by Gasteiger charge is -2.28. The van der Waals surface area contributed by atoms with Gasteiger partial charge in [-0.05, 0) is 45.8 Å². The fraction of sp³-hybridized carbons (Fsp3) is 0.769. The van der Waals surface area contributed by atoms with Gasteiger partial charge in [-0.25, -0.2) is 4.98 Å². The van der Waals surface area contributed by atoms with Crippen LogP contribution in [0.2, 0.25) is 0 Å². The fourth-order valence-corrected chi connectivity index (χ4v) is 3.96. The zero-order valence-electron chi connectivity index (χ0n) is 10.5. The molecule has 1 N–H and O–H groups in total. The second-order valence-electron chi connectivity index (χ2n) is 5.36. The van der Waals surface area contributed by atoms with Crippen LogP contribution in [0.3, 0.4) is 0 Å². The van der Waals surface area contributed by atoms with Crippen LogP contribution in [0.4, 0.5) is 0 Å². The van der Waals surface area contributed by atoms with Crippen molar-refractivity contribution < 1.29 is 0 Å². The molecule has 2 unspecified atom stereocenters. The van der Waals surface area contributed by atoms with Gasteiger partial charge in [-0.15, -0.1) is 11.3 Å². The number of thiazole rings is 1. The van der Waals surface area contributed by atoms with Gasteiger partial charge in [-0.3, -0.25) is 0 Å². The van der Waals surface area contributed by atoms with Crippen LogP contribution in [0.15, 0.2) is 5.38 Å². The minimum atomic E-state index is 0.537. The first-order chi connectivity index (χ1) is 8.33. The van der Waals surface area contributed by atoms with Gasteiger partial charge in [0.1, 0.15) is 5.01 Å². The van der Waals surface area contributed by atoms with Gasteiger partial charge in [-0.2, -0.15) is 0 Å². The highest BCUT2D eigenvalue weighted by molar-refractivity contribution is 7.09. The van der Waals surface area contributed by atoms with Crippen LogP contribution in [0.1, 0.15) is 48.3 Å². The molecule has 1 aromatic heterocycles. The monoisotopic (exact) mass is 251 g/mol. The van der Waals surface area contributed by atoms with E-state index in [2.05, 4.69) is 22.6 Å². The molecule has 3 nitrogen and oxygen atoms in total. The second-order valence-corrected chi connectivity index (χ2v) is 6.25. The lowest BCUT2D eigenvalue weighted by molar-refractivity contribution is 0.248. The molecule has 3 heterocycles. The lowest BCUT2D eigenvalue weighted by Crippen LogP contribution is -2.31. The summed E-state index contributed by atoms with van der Waals surface area (Å²) in [7, 11) is 2.22. The number of likely N-dealkylation sites (N-methyl/N-ethyl adjacent to an activating group) is 1. The molecule has 3 rings (SSSR count). The number of rotatable bonds is 2. The number of aromatic nitrogens is 1. The lowest BCUT2D eigenvalue weighted by atomic mass is 9.96. The predicted octanol–water partition coefficient (Wildman–Crippen LogP) is 2.38. The maximum absolute atomic E-state index is 4.88. The van der Waals surface area contributed by atoms with E-state index >= 15 is 0 Å². The first kappa shape index (κ1) is 11.6. The largest absolute Gasteiger partial charge is 0.308 e. The molecule has 17 heavy (non-hydrogen) atoms. The van der Waals surface area contributed by atoms with E-state index in [0.29, 0.717) is 12.0 Å². The molecule has 2 atom stereocenters. The first-order valence-corrected chi connectivity index (χ1v) is 7.58. The van der Waals surface area contributed by atoms with Crippen LogP contribution in [0, 0.1) is 0 Å². The Morgan fingerprint density at radius 3 is 3.12 bits per heavy atom. The van der Waals surface area contributed by atoms with E-state index in [0.717, 1.165) is 6.54 Å². The molecule has 94 valence electrons. The summed E-state index contributed by atoms with van der Waals surface area (Å²) in [5.41, 5.74) is 1.34. The van der Waals surface area contributed by atoms with E-state index in [1.807, 2.05) is 11.3 Å². The van der Waals surface area contributed by atoms with Crippen molar-refractivity contribution in [1.82, 2.24) is 15.2 Å². The molecule has 4 heteroatoms. The Morgan fingerprint density at radius 1 is 1.41 bits per heavy atom. The van der Waals surface area contributed by atoms with Crippen molar-refractivity contribution in [3.05, 3.63) is 16.1 Å². The SMILES string of the molecule is CN1CCCC(c2csc(C3CCCN3)n2)C1. The van der Waals surface area contributed by atoms with Crippen molar-refractivity contribution in [3.63, 3.8) is 0 Å². The Balaban J connectivity index is 1.70. The minimum Gasteiger partial charge on any atom is -0.308 e. The molecule has 2 fully saturated rings. The van der Waals surface area contributed by atoms with Crippen molar-refractivity contribution in [2.24, 2.45) is 0 Å². The highest BCUT2D eigenvalue weighted by Crippen LogP contribution is 2.31. The van der Waals surface area contributed by atoms with E-state index < -0.39 is 0 Å². The summed E-state index contributed by atoms with van der Waals surface area (Å²) in [5, 5.41) is 7.14. The highest BCUT2D eigenvalue weighted by Gasteiger charge is 2.24. The Hall–Kier alpha value is -0.450. The molecule has 0 aliphatic carbocycles. The Labute approximate surface area is 107 Å². The van der Waals surface area contributed by atoms with E-state index in [4.69, 9.17) is 4.98 Å². The van der Waals surface area contributed by atoms with Gasteiger partial charge in [0.25, 0.3) is 0 Å². The maximum Gasteiger partial charge on any atom is 0.110 e. The summed E-state index contributed by atoms with van der Waals surface area (Å²) in [5.74, 6) is 0.667. The molecule has 2 saturated heterocycles. The average Bonchev–Trinajstić information content (AvgIpc) is 3.00. The summed E-state index contributed by atoms with van der Waals surface area (Å²) in [6.07, 6.45) is 5.19. The Bertz CT molecular complexity index is 370. The van der Waals surface area contributed by atoms with Gasteiger partial charge in [0.05, 0.1) is 11.7 Å². The molecule has 0 spiro atoms. The topological polar surface area (TPSA) is 28.2 Å². The molecular weight excluding hydrogens is 230 g/mol. The van der Waals surface area contributed by atoms with Crippen molar-refractivity contribution >= 4 is 11.3 Å². The van der Waals surface area contributed by atoms with Crippen molar-refractivity contribution in [2.45, 2.75) is 37.6 Å². The van der Waals surface area contributed by atoms with Gasteiger partial charge in [-0.1, -0.05) is 0 Å². The molecular formula is C13H21N3S.